The lowest BCUT2D eigenvalue weighted by Crippen LogP contribution is -2.25. The van der Waals surface area contributed by atoms with Gasteiger partial charge in [-0.05, 0) is 27.2 Å². The van der Waals surface area contributed by atoms with E-state index in [0.717, 1.165) is 27.8 Å². The molecule has 11 heteroatoms. The SMILES string of the molecule is CCCNC(=O)CSc1nnc(SC(C)C(=O)Nc2c(C)nn(C)c2C)s1. The predicted molar refractivity (Wildman–Crippen MR) is 111 cm³/mol. The Morgan fingerprint density at radius 3 is 2.59 bits per heavy atom. The summed E-state index contributed by atoms with van der Waals surface area (Å²) < 4.78 is 3.16. The number of nitrogens with one attached hydrogen (secondary N) is 2. The molecule has 148 valence electrons. The zero-order valence-corrected chi connectivity index (χ0v) is 18.5. The smallest absolute Gasteiger partial charge is 0.237 e. The molecule has 2 aromatic rings. The number of rotatable bonds is 9. The van der Waals surface area contributed by atoms with Gasteiger partial charge in [0.15, 0.2) is 8.68 Å². The minimum atomic E-state index is -0.331. The van der Waals surface area contributed by atoms with E-state index in [2.05, 4.69) is 25.9 Å². The monoisotopic (exact) mass is 428 g/mol. The fourth-order valence-electron chi connectivity index (χ4n) is 2.13. The number of aryl methyl sites for hydroxylation is 2. The van der Waals surface area contributed by atoms with Crippen LogP contribution in [0.3, 0.4) is 0 Å². The molecular weight excluding hydrogens is 404 g/mol. The standard InChI is InChI=1S/C16H24N6O2S3/c1-6-7-17-12(23)8-25-15-19-20-16(27-15)26-11(4)14(24)18-13-9(2)21-22(5)10(13)3/h11H,6-8H2,1-5H3,(H,17,23)(H,18,24). The third-order valence-corrected chi connectivity index (χ3v) is 6.93. The van der Waals surface area contributed by atoms with Crippen molar-refractivity contribution < 1.29 is 9.59 Å². The molecule has 8 nitrogen and oxygen atoms in total. The number of hydrogen-bond donors (Lipinski definition) is 2. The number of thioether (sulfide) groups is 2. The Labute approximate surface area is 171 Å². The molecule has 1 atom stereocenters. The van der Waals surface area contributed by atoms with Gasteiger partial charge in [0, 0.05) is 13.6 Å². The molecule has 0 aromatic carbocycles. The van der Waals surface area contributed by atoms with Crippen LogP contribution in [0.25, 0.3) is 0 Å². The molecule has 0 radical (unpaired) electrons. The Balaban J connectivity index is 1.86. The molecule has 1 unspecified atom stereocenters. The summed E-state index contributed by atoms with van der Waals surface area (Å²) in [5.41, 5.74) is 2.45. The van der Waals surface area contributed by atoms with Gasteiger partial charge < -0.3 is 10.6 Å². The summed E-state index contributed by atoms with van der Waals surface area (Å²) >= 11 is 4.09. The Hall–Kier alpha value is -1.59. The van der Waals surface area contributed by atoms with E-state index in [-0.39, 0.29) is 17.1 Å². The highest BCUT2D eigenvalue weighted by Crippen LogP contribution is 2.31. The summed E-state index contributed by atoms with van der Waals surface area (Å²) in [5.74, 6) is 0.193. The number of anilines is 1. The van der Waals surface area contributed by atoms with Crippen molar-refractivity contribution in [2.75, 3.05) is 17.6 Å². The van der Waals surface area contributed by atoms with Crippen LogP contribution in [0.2, 0.25) is 0 Å². The molecule has 2 rings (SSSR count). The third kappa shape index (κ3) is 6.22. The Morgan fingerprint density at radius 1 is 1.26 bits per heavy atom. The topological polar surface area (TPSA) is 102 Å². The van der Waals surface area contributed by atoms with Crippen molar-refractivity contribution in [1.82, 2.24) is 25.3 Å². The van der Waals surface area contributed by atoms with Crippen molar-refractivity contribution in [2.45, 2.75) is 48.0 Å². The van der Waals surface area contributed by atoms with Gasteiger partial charge in [0.2, 0.25) is 11.8 Å². The molecule has 2 aromatic heterocycles. The van der Waals surface area contributed by atoms with Crippen molar-refractivity contribution in [3.05, 3.63) is 11.4 Å². The average molecular weight is 429 g/mol. The van der Waals surface area contributed by atoms with Crippen molar-refractivity contribution in [3.63, 3.8) is 0 Å². The molecule has 2 N–H and O–H groups in total. The highest BCUT2D eigenvalue weighted by Gasteiger charge is 2.20. The van der Waals surface area contributed by atoms with Crippen LogP contribution in [0, 0.1) is 13.8 Å². The van der Waals surface area contributed by atoms with Crippen LogP contribution in [-0.4, -0.2) is 49.3 Å². The second kappa shape index (κ2) is 10.1. The first-order valence-corrected chi connectivity index (χ1v) is 11.2. The maximum atomic E-state index is 12.5. The van der Waals surface area contributed by atoms with Gasteiger partial charge in [0.25, 0.3) is 0 Å². The molecular formula is C16H24N6O2S3. The number of carbonyl (C=O) groups excluding carboxylic acids is 2. The summed E-state index contributed by atoms with van der Waals surface area (Å²) in [6, 6.07) is 0. The van der Waals surface area contributed by atoms with Gasteiger partial charge >= 0.3 is 0 Å². The Bertz CT molecular complexity index is 804. The second-order valence-electron chi connectivity index (χ2n) is 5.89. The summed E-state index contributed by atoms with van der Waals surface area (Å²) in [5, 5.41) is 17.9. The summed E-state index contributed by atoms with van der Waals surface area (Å²) in [4.78, 5) is 24.1. The second-order valence-corrected chi connectivity index (χ2v) is 9.68. The molecule has 0 saturated heterocycles. The lowest BCUT2D eigenvalue weighted by Gasteiger charge is -2.10. The zero-order chi connectivity index (χ0) is 20.0. The van der Waals surface area contributed by atoms with E-state index in [9.17, 15) is 9.59 Å². The lowest BCUT2D eigenvalue weighted by atomic mass is 10.3. The molecule has 0 saturated carbocycles. The first-order chi connectivity index (χ1) is 12.8. The van der Waals surface area contributed by atoms with Gasteiger partial charge in [0.1, 0.15) is 0 Å². The largest absolute Gasteiger partial charge is 0.355 e. The molecule has 0 aliphatic rings. The van der Waals surface area contributed by atoms with Crippen LogP contribution in [-0.2, 0) is 16.6 Å². The van der Waals surface area contributed by atoms with Gasteiger partial charge in [-0.1, -0.05) is 41.8 Å². The molecule has 27 heavy (non-hydrogen) atoms. The molecule has 0 aliphatic carbocycles. The van der Waals surface area contributed by atoms with E-state index >= 15 is 0 Å². The maximum Gasteiger partial charge on any atom is 0.237 e. The molecule has 0 spiro atoms. The van der Waals surface area contributed by atoms with E-state index in [0.29, 0.717) is 16.6 Å². The van der Waals surface area contributed by atoms with E-state index in [1.165, 1.54) is 34.9 Å². The van der Waals surface area contributed by atoms with Crippen LogP contribution in [0.4, 0.5) is 5.69 Å². The molecule has 0 fully saturated rings. The van der Waals surface area contributed by atoms with Gasteiger partial charge in [-0.2, -0.15) is 5.10 Å². The zero-order valence-electron chi connectivity index (χ0n) is 16.0. The molecule has 0 aliphatic heterocycles. The maximum absolute atomic E-state index is 12.5. The highest BCUT2D eigenvalue weighted by atomic mass is 32.2. The van der Waals surface area contributed by atoms with Crippen molar-refractivity contribution in [3.8, 4) is 0 Å². The lowest BCUT2D eigenvalue weighted by molar-refractivity contribution is -0.118. The van der Waals surface area contributed by atoms with E-state index in [4.69, 9.17) is 0 Å². The average Bonchev–Trinajstić information content (AvgIpc) is 3.17. The van der Waals surface area contributed by atoms with E-state index < -0.39 is 0 Å². The number of carbonyl (C=O) groups is 2. The summed E-state index contributed by atoms with van der Waals surface area (Å²) in [6.45, 7) is 8.30. The minimum absolute atomic E-state index is 0.0128. The van der Waals surface area contributed by atoms with Crippen LogP contribution < -0.4 is 10.6 Å². The highest BCUT2D eigenvalue weighted by molar-refractivity contribution is 8.04. The number of nitrogens with zero attached hydrogens (tertiary/aromatic N) is 4. The van der Waals surface area contributed by atoms with Gasteiger partial charge in [0.05, 0.1) is 28.1 Å². The predicted octanol–water partition coefficient (Wildman–Crippen LogP) is 2.63. The van der Waals surface area contributed by atoms with Crippen LogP contribution >= 0.6 is 34.9 Å². The van der Waals surface area contributed by atoms with Gasteiger partial charge in [-0.15, -0.1) is 10.2 Å². The number of hydrogen-bond acceptors (Lipinski definition) is 8. The van der Waals surface area contributed by atoms with Crippen molar-refractivity contribution in [2.24, 2.45) is 7.05 Å². The normalized spacial score (nSPS) is 12.0. The third-order valence-electron chi connectivity index (χ3n) is 3.69. The van der Waals surface area contributed by atoms with Crippen LogP contribution in [0.1, 0.15) is 31.7 Å². The fraction of sp³-hybridized carbons (Fsp3) is 0.562. The Kier molecular flexibility index (Phi) is 8.11. The van der Waals surface area contributed by atoms with E-state index in [1.54, 1.807) is 4.68 Å². The van der Waals surface area contributed by atoms with Crippen molar-refractivity contribution >= 4 is 52.4 Å². The Morgan fingerprint density at radius 2 is 1.96 bits per heavy atom. The minimum Gasteiger partial charge on any atom is -0.355 e. The quantitative estimate of drug-likeness (QED) is 0.592. The first-order valence-electron chi connectivity index (χ1n) is 8.52. The summed E-state index contributed by atoms with van der Waals surface area (Å²) in [7, 11) is 1.85. The van der Waals surface area contributed by atoms with Crippen LogP contribution in [0.15, 0.2) is 8.68 Å². The first kappa shape index (κ1) is 21.7. The van der Waals surface area contributed by atoms with Crippen LogP contribution in [0.5, 0.6) is 0 Å². The van der Waals surface area contributed by atoms with Crippen molar-refractivity contribution in [1.29, 1.82) is 0 Å². The number of amides is 2. The van der Waals surface area contributed by atoms with Gasteiger partial charge in [-0.25, -0.2) is 0 Å². The van der Waals surface area contributed by atoms with E-state index in [1.807, 2.05) is 34.7 Å². The van der Waals surface area contributed by atoms with Gasteiger partial charge in [-0.3, -0.25) is 14.3 Å². The molecule has 2 amide bonds. The number of aromatic nitrogens is 4. The molecule has 0 bridgehead atoms. The summed E-state index contributed by atoms with van der Waals surface area (Å²) in [6.07, 6.45) is 0.911. The fourth-order valence-corrected chi connectivity index (χ4v) is 5.12. The molecule has 2 heterocycles.